The van der Waals surface area contributed by atoms with Gasteiger partial charge in [0.1, 0.15) is 23.4 Å². The van der Waals surface area contributed by atoms with Crippen molar-refractivity contribution in [3.63, 3.8) is 0 Å². The van der Waals surface area contributed by atoms with Crippen molar-refractivity contribution in [2.24, 2.45) is 0 Å². The van der Waals surface area contributed by atoms with Gasteiger partial charge in [0.15, 0.2) is 0 Å². The lowest BCUT2D eigenvalue weighted by Crippen LogP contribution is -2.39. The van der Waals surface area contributed by atoms with E-state index in [1.807, 2.05) is 55.1 Å². The molecule has 1 aliphatic rings. The molecule has 0 radical (unpaired) electrons. The second-order valence-corrected chi connectivity index (χ2v) is 8.01. The molecule has 7 nitrogen and oxygen atoms in total. The second kappa shape index (κ2) is 8.86. The van der Waals surface area contributed by atoms with E-state index in [2.05, 4.69) is 37.4 Å². The Hall–Kier alpha value is -3.61. The molecule has 0 unspecified atom stereocenters. The van der Waals surface area contributed by atoms with Crippen molar-refractivity contribution in [3.8, 4) is 17.3 Å². The highest BCUT2D eigenvalue weighted by molar-refractivity contribution is 5.83. The van der Waals surface area contributed by atoms with Gasteiger partial charge in [0, 0.05) is 49.9 Å². The zero-order chi connectivity index (χ0) is 21.9. The van der Waals surface area contributed by atoms with Gasteiger partial charge >= 0.3 is 0 Å². The molecule has 0 atom stereocenters. The Morgan fingerprint density at radius 2 is 1.72 bits per heavy atom. The molecule has 164 valence electrons. The highest BCUT2D eigenvalue weighted by atomic mass is 16.5. The lowest BCUT2D eigenvalue weighted by molar-refractivity contribution is 0.170. The van der Waals surface area contributed by atoms with Crippen molar-refractivity contribution >= 4 is 16.9 Å². The van der Waals surface area contributed by atoms with Crippen LogP contribution >= 0.6 is 0 Å². The summed E-state index contributed by atoms with van der Waals surface area (Å²) >= 11 is 0. The molecule has 0 amide bonds. The fourth-order valence-corrected chi connectivity index (χ4v) is 4.09. The molecule has 1 saturated heterocycles. The maximum Gasteiger partial charge on any atom is 0.225 e. The van der Waals surface area contributed by atoms with E-state index in [-0.39, 0.29) is 6.10 Å². The van der Waals surface area contributed by atoms with Crippen molar-refractivity contribution in [2.45, 2.75) is 32.3 Å². The largest absolute Gasteiger partial charge is 0.497 e. The summed E-state index contributed by atoms with van der Waals surface area (Å²) < 4.78 is 13.6. The topological polar surface area (TPSA) is 65.3 Å². The van der Waals surface area contributed by atoms with E-state index in [1.165, 1.54) is 0 Å². The summed E-state index contributed by atoms with van der Waals surface area (Å²) in [5.74, 6) is 3.32. The van der Waals surface area contributed by atoms with Crippen molar-refractivity contribution in [1.29, 1.82) is 0 Å². The highest BCUT2D eigenvalue weighted by Gasteiger charge is 2.22. The van der Waals surface area contributed by atoms with E-state index in [9.17, 15) is 0 Å². The molecule has 0 spiro atoms. The van der Waals surface area contributed by atoms with Gasteiger partial charge in [0.05, 0.1) is 18.8 Å². The molecular formula is C25H27N5O2. The van der Waals surface area contributed by atoms with E-state index < -0.39 is 0 Å². The average Bonchev–Trinajstić information content (AvgIpc) is 3.28. The number of methoxy groups -OCH3 is 1. The highest BCUT2D eigenvalue weighted by Crippen LogP contribution is 2.25. The monoisotopic (exact) mass is 429 g/mol. The Balaban J connectivity index is 1.21. The summed E-state index contributed by atoms with van der Waals surface area (Å²) in [6.07, 6.45) is 10.7. The minimum absolute atomic E-state index is 0.175. The van der Waals surface area contributed by atoms with Crippen molar-refractivity contribution < 1.29 is 9.47 Å². The maximum absolute atomic E-state index is 6.21. The number of nitrogens with zero attached hydrogens (tertiary/aromatic N) is 5. The molecule has 32 heavy (non-hydrogen) atoms. The Bertz CT molecular complexity index is 1180. The summed E-state index contributed by atoms with van der Waals surface area (Å²) in [4.78, 5) is 15.9. The van der Waals surface area contributed by atoms with E-state index >= 15 is 0 Å². The first-order valence-corrected chi connectivity index (χ1v) is 11.1. The van der Waals surface area contributed by atoms with E-state index in [0.29, 0.717) is 0 Å². The number of anilines is 1. The SMILES string of the molecule is CCc1cnc(N2CCC(Oc3ccc(-n4ccc5cc(OC)ccc54)nc3)CC2)nc1. The Labute approximate surface area is 187 Å². The molecule has 0 bridgehead atoms. The van der Waals surface area contributed by atoms with Gasteiger partial charge in [-0.15, -0.1) is 0 Å². The third-order valence-electron chi connectivity index (χ3n) is 5.99. The average molecular weight is 430 g/mol. The van der Waals surface area contributed by atoms with Gasteiger partial charge in [-0.25, -0.2) is 15.0 Å². The zero-order valence-corrected chi connectivity index (χ0v) is 18.4. The summed E-state index contributed by atoms with van der Waals surface area (Å²) in [5.41, 5.74) is 2.25. The first kappa shape index (κ1) is 20.3. The molecule has 0 aliphatic carbocycles. The zero-order valence-electron chi connectivity index (χ0n) is 18.4. The molecule has 4 heterocycles. The van der Waals surface area contributed by atoms with E-state index in [1.54, 1.807) is 7.11 Å². The van der Waals surface area contributed by atoms with Gasteiger partial charge in [-0.1, -0.05) is 6.92 Å². The second-order valence-electron chi connectivity index (χ2n) is 8.01. The van der Waals surface area contributed by atoms with Crippen LogP contribution in [0.1, 0.15) is 25.3 Å². The number of hydrogen-bond acceptors (Lipinski definition) is 6. The number of ether oxygens (including phenoxy) is 2. The fraction of sp³-hybridized carbons (Fsp3) is 0.320. The number of pyridine rings is 1. The third-order valence-corrected chi connectivity index (χ3v) is 5.99. The van der Waals surface area contributed by atoms with Gasteiger partial charge in [-0.2, -0.15) is 0 Å². The standard InChI is InChI=1S/C25H27N5O2/c1-3-18-15-27-25(28-16-18)29-11-9-20(10-12-29)32-22-5-7-24(26-17-22)30-13-8-19-14-21(31-2)4-6-23(19)30/h4-8,13-17,20H,3,9-12H2,1-2H3. The van der Waals surface area contributed by atoms with Crippen LogP contribution in [0.4, 0.5) is 5.95 Å². The number of rotatable bonds is 6. The molecule has 7 heteroatoms. The quantitative estimate of drug-likeness (QED) is 0.452. The van der Waals surface area contributed by atoms with Gasteiger partial charge < -0.3 is 18.9 Å². The first-order chi connectivity index (χ1) is 15.7. The third kappa shape index (κ3) is 4.10. The van der Waals surface area contributed by atoms with Crippen molar-refractivity contribution in [3.05, 3.63) is 66.7 Å². The number of aromatic nitrogens is 4. The molecule has 1 aliphatic heterocycles. The summed E-state index contributed by atoms with van der Waals surface area (Å²) in [6, 6.07) is 12.1. The first-order valence-electron chi connectivity index (χ1n) is 11.1. The van der Waals surface area contributed by atoms with E-state index in [0.717, 1.165) is 72.1 Å². The molecule has 0 N–H and O–H groups in total. The van der Waals surface area contributed by atoms with Crippen molar-refractivity contribution in [2.75, 3.05) is 25.1 Å². The van der Waals surface area contributed by atoms with Crippen molar-refractivity contribution in [1.82, 2.24) is 19.5 Å². The van der Waals surface area contributed by atoms with Crippen LogP contribution in [0.25, 0.3) is 16.7 Å². The Morgan fingerprint density at radius 3 is 2.41 bits per heavy atom. The Morgan fingerprint density at radius 1 is 0.938 bits per heavy atom. The van der Waals surface area contributed by atoms with Gasteiger partial charge in [-0.05, 0) is 48.4 Å². The van der Waals surface area contributed by atoms with Crippen LogP contribution < -0.4 is 14.4 Å². The minimum Gasteiger partial charge on any atom is -0.497 e. The van der Waals surface area contributed by atoms with Gasteiger partial charge in [-0.3, -0.25) is 0 Å². The van der Waals surface area contributed by atoms with Gasteiger partial charge in [0.25, 0.3) is 0 Å². The lowest BCUT2D eigenvalue weighted by Gasteiger charge is -2.32. The number of aryl methyl sites for hydroxylation is 1. The molecule has 5 rings (SSSR count). The molecule has 1 aromatic carbocycles. The predicted molar refractivity (Wildman–Crippen MR) is 125 cm³/mol. The smallest absolute Gasteiger partial charge is 0.225 e. The fourth-order valence-electron chi connectivity index (χ4n) is 4.09. The minimum atomic E-state index is 0.175. The molecule has 4 aromatic rings. The summed E-state index contributed by atoms with van der Waals surface area (Å²) in [7, 11) is 1.68. The Kier molecular flexibility index (Phi) is 5.62. The number of hydrogen-bond donors (Lipinski definition) is 0. The normalized spacial score (nSPS) is 14.6. The van der Waals surface area contributed by atoms with Crippen LogP contribution in [-0.4, -0.2) is 45.8 Å². The lowest BCUT2D eigenvalue weighted by atomic mass is 10.1. The van der Waals surface area contributed by atoms with Crippen LogP contribution in [0, 0.1) is 0 Å². The molecule has 1 fully saturated rings. The molecular weight excluding hydrogens is 402 g/mol. The predicted octanol–water partition coefficient (Wildman–Crippen LogP) is 4.43. The number of piperidine rings is 1. The van der Waals surface area contributed by atoms with Crippen LogP contribution in [0.15, 0.2) is 61.2 Å². The number of fused-ring (bicyclic) bond motifs is 1. The molecule has 0 saturated carbocycles. The van der Waals surface area contributed by atoms with Crippen LogP contribution in [0.3, 0.4) is 0 Å². The van der Waals surface area contributed by atoms with Crippen LogP contribution in [-0.2, 0) is 6.42 Å². The van der Waals surface area contributed by atoms with Gasteiger partial charge in [0.2, 0.25) is 5.95 Å². The van der Waals surface area contributed by atoms with Crippen LogP contribution in [0.2, 0.25) is 0 Å². The van der Waals surface area contributed by atoms with E-state index in [4.69, 9.17) is 9.47 Å². The maximum atomic E-state index is 6.21. The molecule has 3 aromatic heterocycles. The number of benzene rings is 1. The summed E-state index contributed by atoms with van der Waals surface area (Å²) in [5, 5.41) is 1.12. The summed E-state index contributed by atoms with van der Waals surface area (Å²) in [6.45, 7) is 3.89. The van der Waals surface area contributed by atoms with Crippen LogP contribution in [0.5, 0.6) is 11.5 Å².